The van der Waals surface area contributed by atoms with Crippen LogP contribution in [0.1, 0.15) is 41.3 Å². The SMILES string of the molecule is CC(=O)N1CC=C(c2ccc3c(c2)CN(C2CCC(=O)NC2=O)C3=O)C1. The average molecular weight is 353 g/mol. The van der Waals surface area contributed by atoms with Crippen molar-refractivity contribution in [2.45, 2.75) is 32.4 Å². The Morgan fingerprint density at radius 2 is 2.00 bits per heavy atom. The number of amides is 4. The number of benzene rings is 1. The lowest BCUT2D eigenvalue weighted by molar-refractivity contribution is -0.137. The summed E-state index contributed by atoms with van der Waals surface area (Å²) < 4.78 is 0. The van der Waals surface area contributed by atoms with Gasteiger partial charge in [0.1, 0.15) is 6.04 Å². The Kier molecular flexibility index (Phi) is 3.86. The topological polar surface area (TPSA) is 86.8 Å². The molecule has 0 spiro atoms. The third-order valence-corrected chi connectivity index (χ3v) is 5.26. The number of rotatable bonds is 2. The molecule has 1 unspecified atom stereocenters. The highest BCUT2D eigenvalue weighted by Gasteiger charge is 2.39. The van der Waals surface area contributed by atoms with Gasteiger partial charge in [0.15, 0.2) is 0 Å². The molecule has 26 heavy (non-hydrogen) atoms. The number of carbonyl (C=O) groups excluding carboxylic acids is 4. The van der Waals surface area contributed by atoms with Crippen molar-refractivity contribution in [2.24, 2.45) is 0 Å². The molecule has 3 aliphatic heterocycles. The highest BCUT2D eigenvalue weighted by Crippen LogP contribution is 2.31. The summed E-state index contributed by atoms with van der Waals surface area (Å²) in [5, 5.41) is 2.31. The maximum atomic E-state index is 12.7. The number of nitrogens with zero attached hydrogens (tertiary/aromatic N) is 2. The van der Waals surface area contributed by atoms with E-state index >= 15 is 0 Å². The number of hydrogen-bond donors (Lipinski definition) is 1. The molecular weight excluding hydrogens is 334 g/mol. The maximum Gasteiger partial charge on any atom is 0.255 e. The van der Waals surface area contributed by atoms with E-state index in [2.05, 4.69) is 5.32 Å². The summed E-state index contributed by atoms with van der Waals surface area (Å²) in [4.78, 5) is 50.9. The quantitative estimate of drug-likeness (QED) is 0.793. The van der Waals surface area contributed by atoms with Gasteiger partial charge in [-0.25, -0.2) is 0 Å². The highest BCUT2D eigenvalue weighted by atomic mass is 16.2. The van der Waals surface area contributed by atoms with Gasteiger partial charge in [0.2, 0.25) is 17.7 Å². The molecule has 7 nitrogen and oxygen atoms in total. The van der Waals surface area contributed by atoms with Gasteiger partial charge in [-0.3, -0.25) is 24.5 Å². The van der Waals surface area contributed by atoms with Gasteiger partial charge in [0, 0.05) is 38.5 Å². The predicted molar refractivity (Wildman–Crippen MR) is 92.7 cm³/mol. The molecule has 0 aliphatic carbocycles. The fraction of sp³-hybridized carbons (Fsp3) is 0.368. The van der Waals surface area contributed by atoms with E-state index in [-0.39, 0.29) is 24.1 Å². The normalized spacial score (nSPS) is 22.4. The fourth-order valence-corrected chi connectivity index (χ4v) is 3.78. The van der Waals surface area contributed by atoms with Gasteiger partial charge in [-0.1, -0.05) is 12.1 Å². The van der Waals surface area contributed by atoms with Gasteiger partial charge < -0.3 is 9.80 Å². The minimum absolute atomic E-state index is 0.0385. The van der Waals surface area contributed by atoms with Crippen LogP contribution in [0.4, 0.5) is 0 Å². The van der Waals surface area contributed by atoms with Crippen molar-refractivity contribution in [1.29, 1.82) is 0 Å². The molecule has 1 atom stereocenters. The Morgan fingerprint density at radius 1 is 1.19 bits per heavy atom. The van der Waals surface area contributed by atoms with E-state index in [0.717, 1.165) is 16.7 Å². The summed E-state index contributed by atoms with van der Waals surface area (Å²) in [5.74, 6) is -0.831. The summed E-state index contributed by atoms with van der Waals surface area (Å²) in [6, 6.07) is 5.04. The number of imide groups is 1. The van der Waals surface area contributed by atoms with Crippen LogP contribution < -0.4 is 5.32 Å². The minimum Gasteiger partial charge on any atom is -0.335 e. The van der Waals surface area contributed by atoms with Gasteiger partial charge >= 0.3 is 0 Å². The molecule has 4 amide bonds. The molecule has 134 valence electrons. The standard InChI is InChI=1S/C19H19N3O4/c1-11(23)21-7-6-13(9-21)12-2-3-15-14(8-12)10-22(19(15)26)16-4-5-17(24)20-18(16)25/h2-3,6,8,16H,4-5,7,9-10H2,1H3,(H,20,24,25). The third-order valence-electron chi connectivity index (χ3n) is 5.26. The molecule has 4 rings (SSSR count). The van der Waals surface area contributed by atoms with Crippen molar-refractivity contribution in [2.75, 3.05) is 13.1 Å². The molecule has 0 radical (unpaired) electrons. The molecule has 1 aromatic carbocycles. The molecular formula is C19H19N3O4. The van der Waals surface area contributed by atoms with Crippen molar-refractivity contribution in [3.05, 3.63) is 41.0 Å². The second-order valence-corrected chi connectivity index (χ2v) is 6.90. The zero-order chi connectivity index (χ0) is 18.4. The van der Waals surface area contributed by atoms with E-state index in [1.165, 1.54) is 0 Å². The lowest BCUT2D eigenvalue weighted by Crippen LogP contribution is -2.52. The maximum absolute atomic E-state index is 12.7. The van der Waals surface area contributed by atoms with Gasteiger partial charge in [-0.2, -0.15) is 0 Å². The highest BCUT2D eigenvalue weighted by molar-refractivity contribution is 6.05. The molecule has 1 fully saturated rings. The summed E-state index contributed by atoms with van der Waals surface area (Å²) in [7, 11) is 0. The summed E-state index contributed by atoms with van der Waals surface area (Å²) in [6.07, 6.45) is 2.63. The number of fused-ring (bicyclic) bond motifs is 1. The monoisotopic (exact) mass is 353 g/mol. The van der Waals surface area contributed by atoms with Crippen molar-refractivity contribution in [3.8, 4) is 0 Å². The molecule has 0 bridgehead atoms. The van der Waals surface area contributed by atoms with Crippen molar-refractivity contribution in [1.82, 2.24) is 15.1 Å². The molecule has 1 aromatic rings. The molecule has 7 heteroatoms. The zero-order valence-corrected chi connectivity index (χ0v) is 14.4. The van der Waals surface area contributed by atoms with Crippen LogP contribution in [0.3, 0.4) is 0 Å². The van der Waals surface area contributed by atoms with Crippen LogP contribution in [0, 0.1) is 0 Å². The van der Waals surface area contributed by atoms with Gasteiger partial charge in [0.25, 0.3) is 5.91 Å². The first-order valence-electron chi connectivity index (χ1n) is 8.66. The first-order chi connectivity index (χ1) is 12.4. The van der Waals surface area contributed by atoms with Crippen LogP contribution in [0.25, 0.3) is 5.57 Å². The Hall–Kier alpha value is -2.96. The predicted octanol–water partition coefficient (Wildman–Crippen LogP) is 0.693. The van der Waals surface area contributed by atoms with E-state index in [1.807, 2.05) is 18.2 Å². The fourth-order valence-electron chi connectivity index (χ4n) is 3.78. The van der Waals surface area contributed by atoms with Crippen molar-refractivity contribution < 1.29 is 19.2 Å². The van der Waals surface area contributed by atoms with E-state index in [9.17, 15) is 19.2 Å². The second-order valence-electron chi connectivity index (χ2n) is 6.90. The summed E-state index contributed by atoms with van der Waals surface area (Å²) >= 11 is 0. The van der Waals surface area contributed by atoms with Crippen molar-refractivity contribution >= 4 is 29.2 Å². The van der Waals surface area contributed by atoms with Gasteiger partial charge in [0.05, 0.1) is 0 Å². The molecule has 0 aromatic heterocycles. The first kappa shape index (κ1) is 16.5. The number of hydrogen-bond acceptors (Lipinski definition) is 4. The molecule has 1 N–H and O–H groups in total. The minimum atomic E-state index is -0.602. The van der Waals surface area contributed by atoms with Crippen LogP contribution in [0.5, 0.6) is 0 Å². The zero-order valence-electron chi connectivity index (χ0n) is 14.4. The van der Waals surface area contributed by atoms with E-state index in [1.54, 1.807) is 22.8 Å². The summed E-state index contributed by atoms with van der Waals surface area (Å²) in [5.41, 5.74) is 3.53. The van der Waals surface area contributed by atoms with Gasteiger partial charge in [-0.15, -0.1) is 0 Å². The van der Waals surface area contributed by atoms with Crippen LogP contribution in [-0.4, -0.2) is 52.6 Å². The Balaban J connectivity index is 1.55. The Bertz CT molecular complexity index is 874. The lowest BCUT2D eigenvalue weighted by atomic mass is 10.0. The number of nitrogens with one attached hydrogen (secondary N) is 1. The van der Waals surface area contributed by atoms with Crippen LogP contribution in [-0.2, 0) is 20.9 Å². The molecule has 3 heterocycles. The lowest BCUT2D eigenvalue weighted by Gasteiger charge is -2.29. The van der Waals surface area contributed by atoms with Crippen LogP contribution in [0.15, 0.2) is 24.3 Å². The van der Waals surface area contributed by atoms with Crippen LogP contribution in [0.2, 0.25) is 0 Å². The number of piperidine rings is 1. The average Bonchev–Trinajstić information content (AvgIpc) is 3.20. The Morgan fingerprint density at radius 3 is 2.69 bits per heavy atom. The molecule has 0 saturated carbocycles. The molecule has 1 saturated heterocycles. The van der Waals surface area contributed by atoms with E-state index in [4.69, 9.17) is 0 Å². The third kappa shape index (κ3) is 2.69. The van der Waals surface area contributed by atoms with E-state index < -0.39 is 11.9 Å². The van der Waals surface area contributed by atoms with Gasteiger partial charge in [-0.05, 0) is 35.3 Å². The first-order valence-corrected chi connectivity index (χ1v) is 8.66. The smallest absolute Gasteiger partial charge is 0.255 e. The molecule has 3 aliphatic rings. The van der Waals surface area contributed by atoms with Crippen LogP contribution >= 0.6 is 0 Å². The largest absolute Gasteiger partial charge is 0.335 e. The van der Waals surface area contributed by atoms with Crippen molar-refractivity contribution in [3.63, 3.8) is 0 Å². The Labute approximate surface area is 150 Å². The number of carbonyl (C=O) groups is 4. The summed E-state index contributed by atoms with van der Waals surface area (Å²) in [6.45, 7) is 3.08. The van der Waals surface area contributed by atoms with E-state index in [0.29, 0.717) is 31.6 Å². The second kappa shape index (κ2) is 6.09.